The van der Waals surface area contributed by atoms with Crippen LogP contribution in [0, 0.1) is 22.7 Å². The number of carbonyl (C=O) groups excluding carboxylic acids is 1. The molecule has 1 aromatic carbocycles. The third-order valence-corrected chi connectivity index (χ3v) is 15.4. The fraction of sp³-hybridized carbons (Fsp3) is 0.380. The Morgan fingerprint density at radius 2 is 1.39 bits per heavy atom. The lowest BCUT2D eigenvalue weighted by Crippen LogP contribution is -2.56. The number of rotatable bonds is 11. The van der Waals surface area contributed by atoms with E-state index in [4.69, 9.17) is 29.7 Å². The van der Waals surface area contributed by atoms with Gasteiger partial charge >= 0.3 is 6.09 Å². The van der Waals surface area contributed by atoms with E-state index in [9.17, 15) is 23.7 Å². The molecule has 1 unspecified atom stereocenters. The number of fused-ring (bicyclic) bond motifs is 2. The summed E-state index contributed by atoms with van der Waals surface area (Å²) in [4.78, 5) is 46.1. The van der Waals surface area contributed by atoms with Gasteiger partial charge in [0.25, 0.3) is 10.0 Å². The number of nitrogens with one attached hydrogen (secondary N) is 2. The second kappa shape index (κ2) is 18.9. The quantitative estimate of drug-likeness (QED) is 0.131. The second-order valence-corrected chi connectivity index (χ2v) is 23.0. The Balaban J connectivity index is 1.05. The van der Waals surface area contributed by atoms with Crippen molar-refractivity contribution in [2.75, 3.05) is 43.9 Å². The highest BCUT2D eigenvalue weighted by Gasteiger charge is 2.39. The molecule has 2 aliphatic rings. The third-order valence-electron chi connectivity index (χ3n) is 12.7. The molecule has 71 heavy (non-hydrogen) atoms. The van der Waals surface area contributed by atoms with Crippen molar-refractivity contribution in [3.63, 3.8) is 0 Å². The lowest BCUT2D eigenvalue weighted by atomic mass is 10.00. The zero-order valence-corrected chi connectivity index (χ0v) is 43.2. The zero-order valence-electron chi connectivity index (χ0n) is 40.4. The maximum atomic E-state index is 14.1. The van der Waals surface area contributed by atoms with Crippen LogP contribution >= 0.6 is 0 Å². The van der Waals surface area contributed by atoms with Crippen molar-refractivity contribution in [1.82, 2.24) is 48.2 Å². The predicted molar refractivity (Wildman–Crippen MR) is 271 cm³/mol. The number of ether oxygens (including phenoxy) is 1. The van der Waals surface area contributed by atoms with Crippen molar-refractivity contribution in [2.24, 2.45) is 0 Å². The summed E-state index contributed by atoms with van der Waals surface area (Å²) in [5.74, 6) is 0.698. The second-order valence-electron chi connectivity index (χ2n) is 19.3. The molecule has 0 aliphatic carbocycles. The molecule has 18 nitrogen and oxygen atoms in total. The summed E-state index contributed by atoms with van der Waals surface area (Å²) >= 11 is 0. The first-order valence-corrected chi connectivity index (χ1v) is 25.9. The van der Waals surface area contributed by atoms with Gasteiger partial charge in [0.15, 0.2) is 5.65 Å². The molecule has 2 aliphatic heterocycles. The van der Waals surface area contributed by atoms with E-state index < -0.39 is 25.9 Å². The molecule has 0 saturated carbocycles. The van der Waals surface area contributed by atoms with E-state index in [1.807, 2.05) is 53.1 Å². The van der Waals surface area contributed by atoms with Gasteiger partial charge in [-0.3, -0.25) is 0 Å². The molecular weight excluding hydrogens is 949 g/mol. The van der Waals surface area contributed by atoms with Crippen LogP contribution in [-0.2, 0) is 27.6 Å². The summed E-state index contributed by atoms with van der Waals surface area (Å²) in [7, 11) is 6.03. The number of hydrogen-bond acceptors (Lipinski definition) is 15. The van der Waals surface area contributed by atoms with E-state index >= 15 is 0 Å². The van der Waals surface area contributed by atoms with E-state index in [0.717, 1.165) is 44.6 Å². The highest BCUT2D eigenvalue weighted by molar-refractivity contribution is 7.90. The number of benzene rings is 1. The number of likely N-dealkylation sites (tertiary alicyclic amines) is 2. The molecule has 2 N–H and O–H groups in total. The Morgan fingerprint density at radius 1 is 0.817 bits per heavy atom. The van der Waals surface area contributed by atoms with Crippen LogP contribution in [0.15, 0.2) is 84.3 Å². The third kappa shape index (κ3) is 9.87. The fourth-order valence-corrected chi connectivity index (χ4v) is 12.0. The number of carbonyl (C=O) groups is 1. The summed E-state index contributed by atoms with van der Waals surface area (Å²) in [5, 5.41) is 26.7. The minimum atomic E-state index is -4.12. The molecule has 1 amide bonds. The van der Waals surface area contributed by atoms with Crippen LogP contribution in [0.5, 0.6) is 0 Å². The molecule has 9 rings (SSSR count). The van der Waals surface area contributed by atoms with Crippen LogP contribution in [0.25, 0.3) is 44.6 Å². The first-order chi connectivity index (χ1) is 33.8. The standard InChI is InChI=1S/C50H52N14O4SSi2/c1-7-31-24-53-45(59-49(70)19-12-20-62(30-49)47(65)68-48(3,4)5)57-41(31)39-27-63(43-37(39)17-15-33(22-51)55-43)35-21-50(71,29-61(6)26-35)60-46-54-25-32(8-2)42(58-46)40-28-64(44-38(40)18-16-34(23-52)56-44)69(66,67)36-13-10-9-11-14-36/h9-11,13-18,24-25,27-28,35H,7-8,12,19-21,26,29-30H2,1-6H3,(H,53,57,59)(H,54,58,60)/t35?,49-,50-/m0/s1. The van der Waals surface area contributed by atoms with E-state index in [-0.39, 0.29) is 34.1 Å². The van der Waals surface area contributed by atoms with Gasteiger partial charge in [-0.1, -0.05) is 32.0 Å². The Morgan fingerprint density at radius 3 is 1.99 bits per heavy atom. The molecule has 6 aromatic heterocycles. The maximum absolute atomic E-state index is 14.1. The average molecular weight is 1000 g/mol. The van der Waals surface area contributed by atoms with Crippen LogP contribution in [0.1, 0.15) is 82.4 Å². The average Bonchev–Trinajstić information content (AvgIpc) is 3.92. The van der Waals surface area contributed by atoms with Crippen LogP contribution in [0.3, 0.4) is 0 Å². The Bertz CT molecular complexity index is 3400. The largest absolute Gasteiger partial charge is 0.444 e. The molecule has 360 valence electrons. The Hall–Kier alpha value is -7.05. The first-order valence-electron chi connectivity index (χ1n) is 23.4. The van der Waals surface area contributed by atoms with Crippen molar-refractivity contribution >= 4 is 70.6 Å². The van der Waals surface area contributed by atoms with Gasteiger partial charge in [-0.15, -0.1) is 0 Å². The van der Waals surface area contributed by atoms with Crippen molar-refractivity contribution in [1.29, 1.82) is 10.5 Å². The van der Waals surface area contributed by atoms with Gasteiger partial charge < -0.3 is 29.7 Å². The molecule has 8 heterocycles. The van der Waals surface area contributed by atoms with E-state index in [1.165, 1.54) is 18.3 Å². The zero-order chi connectivity index (χ0) is 50.5. The number of hydrogen-bond donors (Lipinski definition) is 2. The molecule has 7 aromatic rings. The van der Waals surface area contributed by atoms with Gasteiger partial charge in [0.05, 0.1) is 36.8 Å². The monoisotopic (exact) mass is 1000 g/mol. The molecule has 0 bridgehead atoms. The summed E-state index contributed by atoms with van der Waals surface area (Å²) in [6.45, 7) is 11.7. The van der Waals surface area contributed by atoms with E-state index in [2.05, 4.69) is 64.8 Å². The van der Waals surface area contributed by atoms with Gasteiger partial charge in [0.1, 0.15) is 34.8 Å². The normalized spacial score (nSPS) is 19.9. The summed E-state index contributed by atoms with van der Waals surface area (Å²) in [6, 6.07) is 19.1. The maximum Gasteiger partial charge on any atom is 0.410 e. The van der Waals surface area contributed by atoms with Crippen LogP contribution in [0.4, 0.5) is 16.7 Å². The fourth-order valence-electron chi connectivity index (χ4n) is 9.55. The molecule has 21 heteroatoms. The Labute approximate surface area is 419 Å². The number of anilines is 2. The van der Waals surface area contributed by atoms with E-state index in [0.29, 0.717) is 79.6 Å². The van der Waals surface area contributed by atoms with Crippen molar-refractivity contribution < 1.29 is 17.9 Å². The number of nitriles is 2. The van der Waals surface area contributed by atoms with Gasteiger partial charge in [-0.25, -0.2) is 47.1 Å². The highest BCUT2D eigenvalue weighted by atomic mass is 32.2. The number of nitrogens with zero attached hydrogens (tertiary/aromatic N) is 12. The van der Waals surface area contributed by atoms with Gasteiger partial charge in [0.2, 0.25) is 11.9 Å². The summed E-state index contributed by atoms with van der Waals surface area (Å²) < 4.78 is 37.2. The number of pyridine rings is 2. The Kier molecular flexibility index (Phi) is 13.1. The number of aromatic nitrogens is 8. The predicted octanol–water partition coefficient (Wildman–Crippen LogP) is 6.57. The first kappa shape index (κ1) is 49.0. The smallest absolute Gasteiger partial charge is 0.410 e. The van der Waals surface area contributed by atoms with Crippen LogP contribution < -0.4 is 10.6 Å². The molecule has 3 atom stereocenters. The van der Waals surface area contributed by atoms with Gasteiger partial charge in [0, 0.05) is 89.2 Å². The van der Waals surface area contributed by atoms with Gasteiger partial charge in [-0.05, 0) is 107 Å². The molecule has 2 fully saturated rings. The summed E-state index contributed by atoms with van der Waals surface area (Å²) in [6.07, 6.45) is 9.96. The highest BCUT2D eigenvalue weighted by Crippen LogP contribution is 2.39. The molecule has 0 spiro atoms. The minimum Gasteiger partial charge on any atom is -0.444 e. The minimum absolute atomic E-state index is 0.0762. The van der Waals surface area contributed by atoms with Crippen LogP contribution in [0.2, 0.25) is 0 Å². The van der Waals surface area contributed by atoms with Crippen molar-refractivity contribution in [2.45, 2.75) is 93.6 Å². The molecule has 6 radical (unpaired) electrons. The number of aryl methyl sites for hydroxylation is 2. The van der Waals surface area contributed by atoms with Gasteiger partial charge in [-0.2, -0.15) is 10.5 Å². The SMILES string of the molecule is CCc1cnc(N[C@]2([Si])CCCN(C(=O)OC(C)(C)C)C2)nc1-c1cn(C2CN(C)C[C@]([Si])(Nc3ncc(CC)c(-c4cn(S(=O)(=O)c5ccccc5)c5nc(C#N)ccc45)n3)C2)c2nc(C#N)ccc12. The number of amides is 1. The molecule has 2 saturated heterocycles. The van der Waals surface area contributed by atoms with Crippen molar-refractivity contribution in [3.05, 3.63) is 102 Å². The topological polar surface area (TPSA) is 226 Å². The van der Waals surface area contributed by atoms with E-state index in [1.54, 1.807) is 47.5 Å². The lowest BCUT2D eigenvalue weighted by Gasteiger charge is -2.44. The number of likely N-dealkylation sites (N-methyl/N-ethyl adjacent to an activating group) is 1. The van der Waals surface area contributed by atoms with Crippen LogP contribution in [-0.4, -0.2) is 132 Å². The van der Waals surface area contributed by atoms with Crippen molar-refractivity contribution in [3.8, 4) is 34.7 Å². The summed E-state index contributed by atoms with van der Waals surface area (Å²) in [5.41, 5.74) is 4.76. The molecular formula is C50H52N14O4SSi2. The lowest BCUT2D eigenvalue weighted by molar-refractivity contribution is 0.0191. The number of piperidine rings is 2.